The van der Waals surface area contributed by atoms with Gasteiger partial charge in [0.2, 0.25) is 5.91 Å². The molecule has 0 aromatic heterocycles. The van der Waals surface area contributed by atoms with Crippen molar-refractivity contribution < 1.29 is 9.53 Å². The molecule has 0 N–H and O–H groups in total. The van der Waals surface area contributed by atoms with E-state index in [1.807, 2.05) is 30.0 Å². The van der Waals surface area contributed by atoms with Gasteiger partial charge in [-0.15, -0.1) is 0 Å². The summed E-state index contributed by atoms with van der Waals surface area (Å²) in [7, 11) is 1.67. The van der Waals surface area contributed by atoms with Crippen LogP contribution in [0, 0.1) is 12.8 Å². The van der Waals surface area contributed by atoms with Gasteiger partial charge in [0.05, 0.1) is 13.5 Å². The molecule has 1 aliphatic heterocycles. The predicted octanol–water partition coefficient (Wildman–Crippen LogP) is 2.80. The SMILES string of the molecule is COc1ccc(CC(=O)N2CCC(C)CC2)cc1C. The van der Waals surface area contributed by atoms with Crippen LogP contribution < -0.4 is 4.74 Å². The summed E-state index contributed by atoms with van der Waals surface area (Å²) in [5, 5.41) is 0. The summed E-state index contributed by atoms with van der Waals surface area (Å²) in [5.41, 5.74) is 2.15. The van der Waals surface area contributed by atoms with Crippen LogP contribution in [0.3, 0.4) is 0 Å². The van der Waals surface area contributed by atoms with E-state index >= 15 is 0 Å². The molecule has 19 heavy (non-hydrogen) atoms. The minimum atomic E-state index is 0.247. The number of nitrogens with zero attached hydrogens (tertiary/aromatic N) is 1. The molecule has 0 unspecified atom stereocenters. The summed E-state index contributed by atoms with van der Waals surface area (Å²) in [6.45, 7) is 6.09. The lowest BCUT2D eigenvalue weighted by atomic mass is 9.98. The van der Waals surface area contributed by atoms with E-state index in [4.69, 9.17) is 4.74 Å². The molecule has 0 saturated carbocycles. The maximum atomic E-state index is 12.2. The Hall–Kier alpha value is -1.51. The van der Waals surface area contributed by atoms with Gasteiger partial charge in [0.1, 0.15) is 5.75 Å². The molecule has 1 aliphatic rings. The van der Waals surface area contributed by atoms with Gasteiger partial charge >= 0.3 is 0 Å². The fourth-order valence-corrected chi connectivity index (χ4v) is 2.59. The molecule has 0 atom stereocenters. The Morgan fingerprint density at radius 2 is 2.05 bits per heavy atom. The third kappa shape index (κ3) is 3.49. The van der Waals surface area contributed by atoms with Gasteiger partial charge in [0, 0.05) is 13.1 Å². The van der Waals surface area contributed by atoms with Gasteiger partial charge in [-0.2, -0.15) is 0 Å². The smallest absolute Gasteiger partial charge is 0.226 e. The van der Waals surface area contributed by atoms with Crippen LogP contribution in [-0.2, 0) is 11.2 Å². The number of carbonyl (C=O) groups is 1. The maximum absolute atomic E-state index is 12.2. The van der Waals surface area contributed by atoms with Crippen LogP contribution in [0.4, 0.5) is 0 Å². The van der Waals surface area contributed by atoms with Crippen molar-refractivity contribution in [3.8, 4) is 5.75 Å². The second-order valence-electron chi connectivity index (χ2n) is 5.54. The number of amides is 1. The fourth-order valence-electron chi connectivity index (χ4n) is 2.59. The molecule has 104 valence electrons. The molecule has 0 spiro atoms. The highest BCUT2D eigenvalue weighted by Gasteiger charge is 2.20. The Bertz CT molecular complexity index is 448. The number of methoxy groups -OCH3 is 1. The van der Waals surface area contributed by atoms with E-state index < -0.39 is 0 Å². The van der Waals surface area contributed by atoms with Crippen molar-refractivity contribution in [2.24, 2.45) is 5.92 Å². The average molecular weight is 261 g/mol. The summed E-state index contributed by atoms with van der Waals surface area (Å²) in [6.07, 6.45) is 2.76. The molecule has 3 nitrogen and oxygen atoms in total. The lowest BCUT2D eigenvalue weighted by Crippen LogP contribution is -2.38. The first-order valence-corrected chi connectivity index (χ1v) is 7.01. The number of rotatable bonds is 3. The highest BCUT2D eigenvalue weighted by Crippen LogP contribution is 2.20. The Labute approximate surface area is 115 Å². The van der Waals surface area contributed by atoms with Crippen LogP contribution in [0.5, 0.6) is 5.75 Å². The lowest BCUT2D eigenvalue weighted by Gasteiger charge is -2.30. The van der Waals surface area contributed by atoms with Crippen molar-refractivity contribution in [2.75, 3.05) is 20.2 Å². The van der Waals surface area contributed by atoms with Gasteiger partial charge in [-0.05, 0) is 42.9 Å². The lowest BCUT2D eigenvalue weighted by molar-refractivity contribution is -0.131. The molecule has 1 heterocycles. The largest absolute Gasteiger partial charge is 0.496 e. The van der Waals surface area contributed by atoms with Crippen LogP contribution >= 0.6 is 0 Å². The van der Waals surface area contributed by atoms with Crippen molar-refractivity contribution >= 4 is 5.91 Å². The van der Waals surface area contributed by atoms with Gasteiger partial charge in [0.15, 0.2) is 0 Å². The molecule has 1 aromatic carbocycles. The molecule has 2 rings (SSSR count). The van der Waals surface area contributed by atoms with Crippen molar-refractivity contribution in [3.05, 3.63) is 29.3 Å². The number of carbonyl (C=O) groups excluding carboxylic acids is 1. The van der Waals surface area contributed by atoms with E-state index in [1.54, 1.807) is 7.11 Å². The van der Waals surface area contributed by atoms with Crippen LogP contribution in [-0.4, -0.2) is 31.0 Å². The Morgan fingerprint density at radius 1 is 1.37 bits per heavy atom. The number of hydrogen-bond acceptors (Lipinski definition) is 2. The van der Waals surface area contributed by atoms with Gasteiger partial charge in [-0.25, -0.2) is 0 Å². The third-order valence-corrected chi connectivity index (χ3v) is 3.95. The molecule has 0 bridgehead atoms. The minimum absolute atomic E-state index is 0.247. The topological polar surface area (TPSA) is 29.5 Å². The Balaban J connectivity index is 1.97. The quantitative estimate of drug-likeness (QED) is 0.837. The highest BCUT2D eigenvalue weighted by molar-refractivity contribution is 5.79. The predicted molar refractivity (Wildman–Crippen MR) is 76.4 cm³/mol. The van der Waals surface area contributed by atoms with E-state index in [0.29, 0.717) is 6.42 Å². The standard InChI is InChI=1S/C16H23NO2/c1-12-6-8-17(9-7-12)16(18)11-14-4-5-15(19-3)13(2)10-14/h4-5,10,12H,6-9,11H2,1-3H3. The minimum Gasteiger partial charge on any atom is -0.496 e. The molecular formula is C16H23NO2. The second kappa shape index (κ2) is 6.09. The molecule has 1 fully saturated rings. The van der Waals surface area contributed by atoms with Crippen LogP contribution in [0.2, 0.25) is 0 Å². The number of benzene rings is 1. The molecule has 1 aromatic rings. The first-order valence-electron chi connectivity index (χ1n) is 7.01. The number of likely N-dealkylation sites (tertiary alicyclic amines) is 1. The number of ether oxygens (including phenoxy) is 1. The molecule has 3 heteroatoms. The monoisotopic (exact) mass is 261 g/mol. The van der Waals surface area contributed by atoms with Crippen LogP contribution in [0.1, 0.15) is 30.9 Å². The molecule has 0 aliphatic carbocycles. The second-order valence-corrected chi connectivity index (χ2v) is 5.54. The zero-order valence-electron chi connectivity index (χ0n) is 12.1. The summed E-state index contributed by atoms with van der Waals surface area (Å²) in [5.74, 6) is 1.88. The normalized spacial score (nSPS) is 16.5. The van der Waals surface area contributed by atoms with Gasteiger partial charge in [-0.3, -0.25) is 4.79 Å². The van der Waals surface area contributed by atoms with E-state index in [1.165, 1.54) is 0 Å². The molecular weight excluding hydrogens is 238 g/mol. The third-order valence-electron chi connectivity index (χ3n) is 3.95. The van der Waals surface area contributed by atoms with E-state index in [9.17, 15) is 4.79 Å². The van der Waals surface area contributed by atoms with E-state index in [-0.39, 0.29) is 5.91 Å². The molecule has 1 saturated heterocycles. The number of hydrogen-bond donors (Lipinski definition) is 0. The van der Waals surface area contributed by atoms with E-state index in [0.717, 1.165) is 48.7 Å². The molecule has 1 amide bonds. The van der Waals surface area contributed by atoms with Crippen molar-refractivity contribution in [1.29, 1.82) is 0 Å². The van der Waals surface area contributed by atoms with Crippen molar-refractivity contribution in [3.63, 3.8) is 0 Å². The van der Waals surface area contributed by atoms with Gasteiger partial charge < -0.3 is 9.64 Å². The highest BCUT2D eigenvalue weighted by atomic mass is 16.5. The summed E-state index contributed by atoms with van der Waals surface area (Å²) >= 11 is 0. The first kappa shape index (κ1) is 13.9. The zero-order valence-corrected chi connectivity index (χ0v) is 12.1. The Kier molecular flexibility index (Phi) is 4.46. The summed E-state index contributed by atoms with van der Waals surface area (Å²) < 4.78 is 5.24. The summed E-state index contributed by atoms with van der Waals surface area (Å²) in [6, 6.07) is 5.97. The Morgan fingerprint density at radius 3 is 2.63 bits per heavy atom. The van der Waals surface area contributed by atoms with Crippen molar-refractivity contribution in [1.82, 2.24) is 4.90 Å². The van der Waals surface area contributed by atoms with Crippen molar-refractivity contribution in [2.45, 2.75) is 33.1 Å². The molecule has 0 radical (unpaired) electrons. The van der Waals surface area contributed by atoms with Gasteiger partial charge in [0.25, 0.3) is 0 Å². The van der Waals surface area contributed by atoms with Crippen LogP contribution in [0.15, 0.2) is 18.2 Å². The summed E-state index contributed by atoms with van der Waals surface area (Å²) in [4.78, 5) is 14.2. The zero-order chi connectivity index (χ0) is 13.8. The fraction of sp³-hybridized carbons (Fsp3) is 0.562. The number of piperidine rings is 1. The van der Waals surface area contributed by atoms with E-state index in [2.05, 4.69) is 6.92 Å². The van der Waals surface area contributed by atoms with Crippen LogP contribution in [0.25, 0.3) is 0 Å². The van der Waals surface area contributed by atoms with Gasteiger partial charge in [-0.1, -0.05) is 19.1 Å². The number of aryl methyl sites for hydroxylation is 1. The average Bonchev–Trinajstić information content (AvgIpc) is 2.39. The maximum Gasteiger partial charge on any atom is 0.226 e. The first-order chi connectivity index (χ1) is 9.10.